The molecule has 0 aromatic carbocycles. The molecule has 180 valence electrons. The summed E-state index contributed by atoms with van der Waals surface area (Å²) in [5, 5.41) is 3.26. The summed E-state index contributed by atoms with van der Waals surface area (Å²) in [7, 11) is 4.05. The van der Waals surface area contributed by atoms with Crippen molar-refractivity contribution in [3.05, 3.63) is 56.5 Å². The SMILES string of the molecule is CCc1c(C)cc2n(c1=O)Cc1cc3c(nc1-2)C=CC(OC(=O)N1CCNCC1)C3CN(C)C. The Kier molecular flexibility index (Phi) is 6.04. The van der Waals surface area contributed by atoms with Gasteiger partial charge in [0.05, 0.1) is 23.6 Å². The summed E-state index contributed by atoms with van der Waals surface area (Å²) in [6, 6.07) is 4.27. The predicted molar refractivity (Wildman–Crippen MR) is 132 cm³/mol. The number of aromatic nitrogens is 2. The molecule has 2 aromatic heterocycles. The van der Waals surface area contributed by atoms with Gasteiger partial charge in [-0.2, -0.15) is 0 Å². The van der Waals surface area contributed by atoms with Crippen LogP contribution in [-0.2, 0) is 17.7 Å². The molecule has 1 fully saturated rings. The molecule has 8 nitrogen and oxygen atoms in total. The third-order valence-corrected chi connectivity index (χ3v) is 7.12. The van der Waals surface area contributed by atoms with Crippen molar-refractivity contribution in [2.24, 2.45) is 0 Å². The van der Waals surface area contributed by atoms with E-state index in [1.807, 2.05) is 44.7 Å². The number of hydrogen-bond donors (Lipinski definition) is 1. The number of fused-ring (bicyclic) bond motifs is 4. The van der Waals surface area contributed by atoms with Gasteiger partial charge in [0.1, 0.15) is 6.10 Å². The van der Waals surface area contributed by atoms with Crippen LogP contribution in [0.25, 0.3) is 17.5 Å². The molecule has 4 heterocycles. The van der Waals surface area contributed by atoms with E-state index in [2.05, 4.69) is 22.3 Å². The summed E-state index contributed by atoms with van der Waals surface area (Å²) in [6.07, 6.45) is 4.02. The zero-order valence-electron chi connectivity index (χ0n) is 20.4. The summed E-state index contributed by atoms with van der Waals surface area (Å²) in [5.41, 5.74) is 6.75. The van der Waals surface area contributed by atoms with E-state index < -0.39 is 0 Å². The first-order chi connectivity index (χ1) is 16.4. The molecule has 0 radical (unpaired) electrons. The number of nitrogens with zero attached hydrogens (tertiary/aromatic N) is 4. The van der Waals surface area contributed by atoms with Crippen LogP contribution >= 0.6 is 0 Å². The number of carbonyl (C=O) groups is 1. The van der Waals surface area contributed by atoms with E-state index in [1.165, 1.54) is 0 Å². The highest BCUT2D eigenvalue weighted by Crippen LogP contribution is 2.38. The van der Waals surface area contributed by atoms with Gasteiger partial charge in [0.15, 0.2) is 0 Å². The van der Waals surface area contributed by atoms with E-state index in [4.69, 9.17) is 9.72 Å². The maximum atomic E-state index is 13.1. The number of pyridine rings is 2. The van der Waals surface area contributed by atoms with E-state index in [9.17, 15) is 9.59 Å². The lowest BCUT2D eigenvalue weighted by molar-refractivity contribution is 0.0621. The van der Waals surface area contributed by atoms with E-state index >= 15 is 0 Å². The van der Waals surface area contributed by atoms with Gasteiger partial charge in [0, 0.05) is 49.8 Å². The fourth-order valence-electron chi connectivity index (χ4n) is 5.38. The number of likely N-dealkylation sites (N-methyl/N-ethyl adjacent to an activating group) is 1. The van der Waals surface area contributed by atoms with Crippen LogP contribution < -0.4 is 10.9 Å². The van der Waals surface area contributed by atoms with Crippen LogP contribution in [0.4, 0.5) is 4.79 Å². The zero-order valence-corrected chi connectivity index (χ0v) is 20.4. The molecule has 2 aliphatic heterocycles. The number of carbonyl (C=O) groups excluding carboxylic acids is 1. The van der Waals surface area contributed by atoms with E-state index in [0.717, 1.165) is 65.4 Å². The second kappa shape index (κ2) is 9.00. The summed E-state index contributed by atoms with van der Waals surface area (Å²) < 4.78 is 7.86. The molecule has 0 bridgehead atoms. The Morgan fingerprint density at radius 2 is 2.03 bits per heavy atom. The lowest BCUT2D eigenvalue weighted by atomic mass is 9.86. The first kappa shape index (κ1) is 22.8. The van der Waals surface area contributed by atoms with Crippen LogP contribution in [0.2, 0.25) is 0 Å². The van der Waals surface area contributed by atoms with Crippen molar-refractivity contribution in [1.82, 2.24) is 24.7 Å². The molecule has 1 saturated heterocycles. The largest absolute Gasteiger partial charge is 0.441 e. The Hall–Kier alpha value is -2.97. The standard InChI is InChI=1S/C26H33N5O3/c1-5-18-16(2)12-22-24-17(14-31(22)25(18)32)13-19-20(15-29(3)4)23(7-6-21(19)28-24)34-26(33)30-10-8-27-9-11-30/h6-7,12-13,20,23,27H,5,8-11,14-15H2,1-4H3. The van der Waals surface area contributed by atoms with Gasteiger partial charge in [-0.15, -0.1) is 0 Å². The Labute approximate surface area is 200 Å². The quantitative estimate of drug-likeness (QED) is 0.639. The van der Waals surface area contributed by atoms with Crippen LogP contribution in [0.5, 0.6) is 0 Å². The molecule has 8 heteroatoms. The molecular weight excluding hydrogens is 430 g/mol. The molecule has 0 spiro atoms. The number of nitrogens with one attached hydrogen (secondary N) is 1. The molecule has 2 atom stereocenters. The van der Waals surface area contributed by atoms with Crippen molar-refractivity contribution in [1.29, 1.82) is 0 Å². The van der Waals surface area contributed by atoms with Crippen molar-refractivity contribution in [2.45, 2.75) is 38.8 Å². The van der Waals surface area contributed by atoms with Gasteiger partial charge in [-0.1, -0.05) is 6.92 Å². The number of aryl methyl sites for hydroxylation is 1. The minimum atomic E-state index is -0.363. The average molecular weight is 464 g/mol. The number of piperazine rings is 1. The lowest BCUT2D eigenvalue weighted by Crippen LogP contribution is -2.48. The maximum Gasteiger partial charge on any atom is 0.410 e. The molecule has 0 saturated carbocycles. The second-order valence-electron chi connectivity index (χ2n) is 9.72. The smallest absolute Gasteiger partial charge is 0.410 e. The maximum absolute atomic E-state index is 13.1. The van der Waals surface area contributed by atoms with Crippen molar-refractivity contribution in [3.8, 4) is 11.4 Å². The topological polar surface area (TPSA) is 79.7 Å². The van der Waals surface area contributed by atoms with Crippen LogP contribution in [0.1, 0.15) is 40.8 Å². The molecule has 1 aliphatic carbocycles. The summed E-state index contributed by atoms with van der Waals surface area (Å²) in [5.74, 6) is -0.0342. The monoisotopic (exact) mass is 463 g/mol. The Balaban J connectivity index is 1.49. The molecule has 3 aliphatic rings. The fraction of sp³-hybridized carbons (Fsp3) is 0.500. The third kappa shape index (κ3) is 3.95. The fourth-order valence-corrected chi connectivity index (χ4v) is 5.38. The van der Waals surface area contributed by atoms with Crippen LogP contribution in [0, 0.1) is 6.92 Å². The van der Waals surface area contributed by atoms with Gasteiger partial charge in [-0.05, 0) is 62.9 Å². The van der Waals surface area contributed by atoms with Crippen molar-refractivity contribution >= 4 is 12.2 Å². The van der Waals surface area contributed by atoms with Gasteiger partial charge in [0.25, 0.3) is 5.56 Å². The Bertz CT molecular complexity index is 1210. The van der Waals surface area contributed by atoms with Crippen molar-refractivity contribution in [3.63, 3.8) is 0 Å². The van der Waals surface area contributed by atoms with Crippen LogP contribution in [-0.4, -0.2) is 78.4 Å². The molecule has 1 N–H and O–H groups in total. The Morgan fingerprint density at radius 1 is 1.26 bits per heavy atom. The van der Waals surface area contributed by atoms with Crippen molar-refractivity contribution in [2.75, 3.05) is 46.8 Å². The first-order valence-electron chi connectivity index (χ1n) is 12.1. The minimum absolute atomic E-state index is 0.0342. The second-order valence-corrected chi connectivity index (χ2v) is 9.72. The van der Waals surface area contributed by atoms with Gasteiger partial charge in [-0.3, -0.25) is 4.79 Å². The third-order valence-electron chi connectivity index (χ3n) is 7.12. The highest BCUT2D eigenvalue weighted by molar-refractivity contribution is 5.71. The van der Waals surface area contributed by atoms with Gasteiger partial charge in [0.2, 0.25) is 0 Å². The molecule has 2 unspecified atom stereocenters. The minimum Gasteiger partial charge on any atom is -0.441 e. The number of rotatable bonds is 4. The Morgan fingerprint density at radius 3 is 2.74 bits per heavy atom. The summed E-state index contributed by atoms with van der Waals surface area (Å²) in [4.78, 5) is 34.8. The van der Waals surface area contributed by atoms with E-state index in [0.29, 0.717) is 19.6 Å². The summed E-state index contributed by atoms with van der Waals surface area (Å²) >= 11 is 0. The zero-order chi connectivity index (χ0) is 24.0. The van der Waals surface area contributed by atoms with Gasteiger partial charge >= 0.3 is 6.09 Å². The number of ether oxygens (including phenoxy) is 1. The van der Waals surface area contributed by atoms with Gasteiger partial charge < -0.3 is 24.4 Å². The number of amides is 1. The van der Waals surface area contributed by atoms with Crippen LogP contribution in [0.3, 0.4) is 0 Å². The van der Waals surface area contributed by atoms with Crippen LogP contribution in [0.15, 0.2) is 23.0 Å². The first-order valence-corrected chi connectivity index (χ1v) is 12.1. The van der Waals surface area contributed by atoms with E-state index in [1.54, 1.807) is 4.90 Å². The van der Waals surface area contributed by atoms with Gasteiger partial charge in [-0.25, -0.2) is 9.78 Å². The average Bonchev–Trinajstić information content (AvgIpc) is 3.17. The highest BCUT2D eigenvalue weighted by atomic mass is 16.6. The molecule has 5 rings (SSSR count). The summed E-state index contributed by atoms with van der Waals surface area (Å²) in [6.45, 7) is 8.17. The molecular formula is C26H33N5O3. The van der Waals surface area contributed by atoms with Crippen molar-refractivity contribution < 1.29 is 9.53 Å². The normalized spacial score (nSPS) is 20.8. The molecule has 34 heavy (non-hydrogen) atoms. The van der Waals surface area contributed by atoms with E-state index in [-0.39, 0.29) is 23.7 Å². The predicted octanol–water partition coefficient (Wildman–Crippen LogP) is 2.23. The number of hydrogen-bond acceptors (Lipinski definition) is 6. The molecule has 1 amide bonds. The lowest BCUT2D eigenvalue weighted by Gasteiger charge is -2.34. The molecule has 2 aromatic rings. The highest BCUT2D eigenvalue weighted by Gasteiger charge is 2.34.